The fraction of sp³-hybridized carbons (Fsp3) is 0.381. The summed E-state index contributed by atoms with van der Waals surface area (Å²) in [5, 5.41) is 16.8. The standard InChI is InChI=1S/C21H27N3O3/c1-2-17-7-9-18(10-8-17)21(25)23-16-6-4-3-5-15-22-19-11-13-20(14-12-19)24(26)27/h7-14,22H,2-6,15-16H2,1H3,(H,23,25). The zero-order chi connectivity index (χ0) is 19.5. The number of hydrogen-bond donors (Lipinski definition) is 2. The first-order valence-corrected chi connectivity index (χ1v) is 9.45. The Labute approximate surface area is 160 Å². The van der Waals surface area contributed by atoms with Crippen molar-refractivity contribution < 1.29 is 9.72 Å². The number of non-ortho nitro benzene ring substituents is 1. The van der Waals surface area contributed by atoms with Crippen molar-refractivity contribution >= 4 is 17.3 Å². The van der Waals surface area contributed by atoms with Crippen LogP contribution in [-0.4, -0.2) is 23.9 Å². The fourth-order valence-electron chi connectivity index (χ4n) is 2.73. The van der Waals surface area contributed by atoms with E-state index in [0.29, 0.717) is 12.1 Å². The summed E-state index contributed by atoms with van der Waals surface area (Å²) in [5.41, 5.74) is 2.93. The molecule has 2 N–H and O–H groups in total. The van der Waals surface area contributed by atoms with Crippen LogP contribution in [0.3, 0.4) is 0 Å². The van der Waals surface area contributed by atoms with E-state index >= 15 is 0 Å². The maximum Gasteiger partial charge on any atom is 0.269 e. The van der Waals surface area contributed by atoms with Gasteiger partial charge in [0.15, 0.2) is 0 Å². The van der Waals surface area contributed by atoms with Crippen LogP contribution < -0.4 is 10.6 Å². The Morgan fingerprint density at radius 1 is 0.926 bits per heavy atom. The number of nitrogens with one attached hydrogen (secondary N) is 2. The highest BCUT2D eigenvalue weighted by molar-refractivity contribution is 5.94. The lowest BCUT2D eigenvalue weighted by molar-refractivity contribution is -0.384. The molecule has 0 spiro atoms. The molecule has 0 bridgehead atoms. The first kappa shape index (κ1) is 20.4. The number of anilines is 1. The van der Waals surface area contributed by atoms with Gasteiger partial charge in [-0.25, -0.2) is 0 Å². The van der Waals surface area contributed by atoms with Crippen LogP contribution in [0.5, 0.6) is 0 Å². The largest absolute Gasteiger partial charge is 0.385 e. The number of carbonyl (C=O) groups excluding carboxylic acids is 1. The van der Waals surface area contributed by atoms with Crippen molar-refractivity contribution in [2.24, 2.45) is 0 Å². The van der Waals surface area contributed by atoms with Crippen LogP contribution in [0.1, 0.15) is 48.5 Å². The zero-order valence-corrected chi connectivity index (χ0v) is 15.7. The van der Waals surface area contributed by atoms with Crippen molar-refractivity contribution in [1.82, 2.24) is 5.32 Å². The van der Waals surface area contributed by atoms with Crippen LogP contribution >= 0.6 is 0 Å². The molecular formula is C21H27N3O3. The van der Waals surface area contributed by atoms with Gasteiger partial charge in [0, 0.05) is 36.5 Å². The number of carbonyl (C=O) groups is 1. The molecule has 2 aromatic rings. The molecule has 2 aromatic carbocycles. The van der Waals surface area contributed by atoms with E-state index in [4.69, 9.17) is 0 Å². The van der Waals surface area contributed by atoms with Crippen molar-refractivity contribution in [3.05, 3.63) is 69.8 Å². The van der Waals surface area contributed by atoms with Gasteiger partial charge in [0.05, 0.1) is 4.92 Å². The van der Waals surface area contributed by atoms with Crippen molar-refractivity contribution in [1.29, 1.82) is 0 Å². The van der Waals surface area contributed by atoms with Crippen LogP contribution in [0.2, 0.25) is 0 Å². The maximum atomic E-state index is 12.0. The minimum absolute atomic E-state index is 0.0162. The molecule has 0 saturated heterocycles. The molecule has 0 heterocycles. The Morgan fingerprint density at radius 2 is 1.56 bits per heavy atom. The molecule has 0 aliphatic heterocycles. The Kier molecular flexibility index (Phi) is 8.29. The van der Waals surface area contributed by atoms with Crippen LogP contribution in [0.4, 0.5) is 11.4 Å². The Bertz CT molecular complexity index is 727. The quantitative estimate of drug-likeness (QED) is 0.345. The molecule has 0 unspecified atom stereocenters. The Hall–Kier alpha value is -2.89. The van der Waals surface area contributed by atoms with E-state index in [0.717, 1.165) is 44.3 Å². The van der Waals surface area contributed by atoms with Gasteiger partial charge in [0.1, 0.15) is 0 Å². The molecule has 2 rings (SSSR count). The van der Waals surface area contributed by atoms with Crippen molar-refractivity contribution in [2.75, 3.05) is 18.4 Å². The molecule has 1 amide bonds. The van der Waals surface area contributed by atoms with Crippen molar-refractivity contribution in [3.8, 4) is 0 Å². The molecule has 0 fully saturated rings. The molecule has 6 nitrogen and oxygen atoms in total. The highest BCUT2D eigenvalue weighted by atomic mass is 16.6. The normalized spacial score (nSPS) is 10.4. The summed E-state index contributed by atoms with van der Waals surface area (Å²) in [6.45, 7) is 3.61. The fourth-order valence-corrected chi connectivity index (χ4v) is 2.73. The number of nitrogens with zero attached hydrogens (tertiary/aromatic N) is 1. The third kappa shape index (κ3) is 7.09. The number of nitro groups is 1. The number of rotatable bonds is 11. The number of unbranched alkanes of at least 4 members (excludes halogenated alkanes) is 3. The first-order valence-electron chi connectivity index (χ1n) is 9.45. The van der Waals surface area contributed by atoms with Gasteiger partial charge in [-0.1, -0.05) is 31.9 Å². The lowest BCUT2D eigenvalue weighted by Gasteiger charge is -2.07. The second-order valence-electron chi connectivity index (χ2n) is 6.45. The highest BCUT2D eigenvalue weighted by Crippen LogP contribution is 2.15. The Balaban J connectivity index is 1.53. The third-order valence-electron chi connectivity index (χ3n) is 4.42. The van der Waals surface area contributed by atoms with E-state index < -0.39 is 4.92 Å². The average Bonchev–Trinajstić information content (AvgIpc) is 2.70. The molecule has 144 valence electrons. The summed E-state index contributed by atoms with van der Waals surface area (Å²) >= 11 is 0. The van der Waals surface area contributed by atoms with E-state index in [1.807, 2.05) is 24.3 Å². The van der Waals surface area contributed by atoms with E-state index in [9.17, 15) is 14.9 Å². The number of nitro benzene ring substituents is 1. The van der Waals surface area contributed by atoms with E-state index in [1.165, 1.54) is 17.7 Å². The summed E-state index contributed by atoms with van der Waals surface area (Å²) in [5.74, 6) is -0.0162. The van der Waals surface area contributed by atoms with Crippen LogP contribution in [0.25, 0.3) is 0 Å². The summed E-state index contributed by atoms with van der Waals surface area (Å²) in [7, 11) is 0. The number of hydrogen-bond acceptors (Lipinski definition) is 4. The lowest BCUT2D eigenvalue weighted by Crippen LogP contribution is -2.24. The predicted molar refractivity (Wildman–Crippen MR) is 108 cm³/mol. The van der Waals surface area contributed by atoms with Gasteiger partial charge in [-0.3, -0.25) is 14.9 Å². The third-order valence-corrected chi connectivity index (χ3v) is 4.42. The predicted octanol–water partition coefficient (Wildman–Crippen LogP) is 4.56. The molecule has 0 aromatic heterocycles. The number of aryl methyl sites for hydroxylation is 1. The second kappa shape index (κ2) is 11.0. The van der Waals surface area contributed by atoms with E-state index in [-0.39, 0.29) is 11.6 Å². The summed E-state index contributed by atoms with van der Waals surface area (Å²) in [6.07, 6.45) is 5.07. The summed E-state index contributed by atoms with van der Waals surface area (Å²) in [6, 6.07) is 14.2. The zero-order valence-electron chi connectivity index (χ0n) is 15.7. The van der Waals surface area contributed by atoms with E-state index in [1.54, 1.807) is 12.1 Å². The Morgan fingerprint density at radius 3 is 2.15 bits per heavy atom. The van der Waals surface area contributed by atoms with Gasteiger partial charge >= 0.3 is 0 Å². The van der Waals surface area contributed by atoms with Gasteiger partial charge in [-0.15, -0.1) is 0 Å². The topological polar surface area (TPSA) is 84.3 Å². The van der Waals surface area contributed by atoms with E-state index in [2.05, 4.69) is 17.6 Å². The monoisotopic (exact) mass is 369 g/mol. The summed E-state index contributed by atoms with van der Waals surface area (Å²) in [4.78, 5) is 22.2. The molecule has 0 aliphatic carbocycles. The first-order chi connectivity index (χ1) is 13.1. The average molecular weight is 369 g/mol. The maximum absolute atomic E-state index is 12.0. The number of amides is 1. The SMILES string of the molecule is CCc1ccc(C(=O)NCCCCCCNc2ccc([N+](=O)[O-])cc2)cc1. The van der Waals surface area contributed by atoms with Gasteiger partial charge < -0.3 is 10.6 Å². The molecule has 6 heteroatoms. The van der Waals surface area contributed by atoms with Gasteiger partial charge in [0.2, 0.25) is 0 Å². The van der Waals surface area contributed by atoms with Gasteiger partial charge in [0.25, 0.3) is 11.6 Å². The van der Waals surface area contributed by atoms with Gasteiger partial charge in [-0.05, 0) is 49.1 Å². The number of benzene rings is 2. The van der Waals surface area contributed by atoms with Crippen LogP contribution in [0.15, 0.2) is 48.5 Å². The molecule has 0 saturated carbocycles. The lowest BCUT2D eigenvalue weighted by atomic mass is 10.1. The molecule has 0 atom stereocenters. The second-order valence-corrected chi connectivity index (χ2v) is 6.45. The van der Waals surface area contributed by atoms with Crippen LogP contribution in [0, 0.1) is 10.1 Å². The van der Waals surface area contributed by atoms with Crippen molar-refractivity contribution in [3.63, 3.8) is 0 Å². The highest BCUT2D eigenvalue weighted by Gasteiger charge is 2.05. The van der Waals surface area contributed by atoms with Gasteiger partial charge in [-0.2, -0.15) is 0 Å². The molecule has 27 heavy (non-hydrogen) atoms. The van der Waals surface area contributed by atoms with Crippen molar-refractivity contribution in [2.45, 2.75) is 39.0 Å². The molecular weight excluding hydrogens is 342 g/mol. The minimum atomic E-state index is -0.400. The summed E-state index contributed by atoms with van der Waals surface area (Å²) < 4.78 is 0. The smallest absolute Gasteiger partial charge is 0.269 e. The van der Waals surface area contributed by atoms with Crippen LogP contribution in [-0.2, 0) is 6.42 Å². The minimum Gasteiger partial charge on any atom is -0.385 e. The molecule has 0 aliphatic rings. The molecule has 0 radical (unpaired) electrons.